The van der Waals surface area contributed by atoms with Gasteiger partial charge in [-0.15, -0.1) is 0 Å². The van der Waals surface area contributed by atoms with Crippen molar-refractivity contribution < 1.29 is 23.1 Å². The molecule has 0 aromatic heterocycles. The first-order chi connectivity index (χ1) is 12.2. The summed E-state index contributed by atoms with van der Waals surface area (Å²) in [5.74, 6) is -0.905. The quantitative estimate of drug-likeness (QED) is 0.744. The largest absolute Gasteiger partial charge is 0.478 e. The number of piperidine rings is 1. The van der Waals surface area contributed by atoms with Crippen LogP contribution in [-0.2, 0) is 21.2 Å². The van der Waals surface area contributed by atoms with Crippen LogP contribution in [0.4, 0.5) is 0 Å². The third-order valence-electron chi connectivity index (χ3n) is 4.32. The zero-order chi connectivity index (χ0) is 19.3. The first-order valence-electron chi connectivity index (χ1n) is 8.77. The Balaban J connectivity index is 1.81. The first kappa shape index (κ1) is 20.4. The summed E-state index contributed by atoms with van der Waals surface area (Å²) in [7, 11) is -3.22. The Morgan fingerprint density at radius 3 is 2.27 bits per heavy atom. The predicted octanol–water partition coefficient (Wildman–Crippen LogP) is 1.49. The minimum absolute atomic E-state index is 0.0358. The molecule has 2 rings (SSSR count). The molecule has 1 aliphatic rings. The predicted molar refractivity (Wildman–Crippen MR) is 98.5 cm³/mol. The number of carboxylic acids is 1. The van der Waals surface area contributed by atoms with Crippen molar-refractivity contribution in [1.82, 2.24) is 9.62 Å². The Labute approximate surface area is 154 Å². The number of benzene rings is 1. The average molecular weight is 382 g/mol. The summed E-state index contributed by atoms with van der Waals surface area (Å²) < 4.78 is 26.0. The molecule has 1 amide bonds. The molecule has 0 bridgehead atoms. The molecule has 0 aliphatic carbocycles. The lowest BCUT2D eigenvalue weighted by Crippen LogP contribution is -2.47. The fourth-order valence-corrected chi connectivity index (χ4v) is 4.85. The number of hydrogen-bond acceptors (Lipinski definition) is 4. The van der Waals surface area contributed by atoms with Gasteiger partial charge in [0.25, 0.3) is 0 Å². The van der Waals surface area contributed by atoms with Crippen molar-refractivity contribution in [1.29, 1.82) is 0 Å². The van der Waals surface area contributed by atoms with Gasteiger partial charge in [-0.05, 0) is 36.5 Å². The van der Waals surface area contributed by atoms with Gasteiger partial charge >= 0.3 is 5.97 Å². The Bertz CT molecular complexity index is 735. The number of aromatic carboxylic acids is 1. The van der Waals surface area contributed by atoms with Gasteiger partial charge in [-0.1, -0.05) is 26.0 Å². The van der Waals surface area contributed by atoms with Gasteiger partial charge in [-0.2, -0.15) is 0 Å². The van der Waals surface area contributed by atoms with Crippen LogP contribution < -0.4 is 5.32 Å². The maximum absolute atomic E-state index is 12.2. The lowest BCUT2D eigenvalue weighted by Gasteiger charge is -2.32. The van der Waals surface area contributed by atoms with Gasteiger partial charge in [-0.25, -0.2) is 17.5 Å². The maximum atomic E-state index is 12.2. The fourth-order valence-electron chi connectivity index (χ4n) is 3.03. The number of hydrogen-bond donors (Lipinski definition) is 2. The maximum Gasteiger partial charge on any atom is 0.335 e. The molecule has 0 radical (unpaired) electrons. The van der Waals surface area contributed by atoms with Gasteiger partial charge < -0.3 is 10.4 Å². The smallest absolute Gasteiger partial charge is 0.335 e. The van der Waals surface area contributed by atoms with Crippen LogP contribution in [0.3, 0.4) is 0 Å². The molecule has 2 N–H and O–H groups in total. The zero-order valence-electron chi connectivity index (χ0n) is 15.1. The second kappa shape index (κ2) is 8.64. The molecule has 1 heterocycles. The molecule has 1 saturated heterocycles. The molecule has 0 atom stereocenters. The molecule has 0 spiro atoms. The van der Waals surface area contributed by atoms with E-state index < -0.39 is 16.0 Å². The first-order valence-corrected chi connectivity index (χ1v) is 10.4. The van der Waals surface area contributed by atoms with Crippen LogP contribution in [-0.4, -0.2) is 54.6 Å². The van der Waals surface area contributed by atoms with Crippen LogP contribution >= 0.6 is 0 Å². The fraction of sp³-hybridized carbons (Fsp3) is 0.556. The molecule has 1 fully saturated rings. The van der Waals surface area contributed by atoms with Gasteiger partial charge in [-0.3, -0.25) is 4.79 Å². The number of nitrogens with zero attached hydrogens (tertiary/aromatic N) is 1. The highest BCUT2D eigenvalue weighted by atomic mass is 32.2. The monoisotopic (exact) mass is 382 g/mol. The second-order valence-electron chi connectivity index (χ2n) is 7.09. The topological polar surface area (TPSA) is 104 Å². The third kappa shape index (κ3) is 5.81. The lowest BCUT2D eigenvalue weighted by atomic mass is 10.1. The van der Waals surface area contributed by atoms with E-state index in [1.807, 2.05) is 13.8 Å². The number of carbonyl (C=O) groups excluding carboxylic acids is 1. The highest BCUT2D eigenvalue weighted by Gasteiger charge is 2.29. The van der Waals surface area contributed by atoms with E-state index in [1.54, 1.807) is 12.1 Å². The van der Waals surface area contributed by atoms with Gasteiger partial charge in [0.05, 0.1) is 17.7 Å². The summed E-state index contributed by atoms with van der Waals surface area (Å²) in [5, 5.41) is 11.8. The molecule has 26 heavy (non-hydrogen) atoms. The van der Waals surface area contributed by atoms with Crippen LogP contribution in [0.25, 0.3) is 0 Å². The second-order valence-corrected chi connectivity index (χ2v) is 9.11. The molecule has 0 saturated carbocycles. The van der Waals surface area contributed by atoms with E-state index in [1.165, 1.54) is 16.4 Å². The SMILES string of the molecule is CC(C)CS(=O)(=O)N1CCC(NC(=O)Cc2ccc(C(=O)O)cc2)CC1. The number of carbonyl (C=O) groups is 2. The minimum Gasteiger partial charge on any atom is -0.478 e. The number of sulfonamides is 1. The van der Waals surface area contributed by atoms with E-state index >= 15 is 0 Å². The van der Waals surface area contributed by atoms with Crippen molar-refractivity contribution in [2.24, 2.45) is 5.92 Å². The summed E-state index contributed by atoms with van der Waals surface area (Å²) in [6.07, 6.45) is 1.37. The number of nitrogens with one attached hydrogen (secondary N) is 1. The van der Waals surface area contributed by atoms with Crippen LogP contribution in [0.1, 0.15) is 42.6 Å². The Morgan fingerprint density at radius 2 is 1.77 bits per heavy atom. The molecule has 144 valence electrons. The van der Waals surface area contributed by atoms with E-state index in [0.29, 0.717) is 25.9 Å². The normalized spacial score (nSPS) is 16.6. The van der Waals surface area contributed by atoms with E-state index in [2.05, 4.69) is 5.32 Å². The van der Waals surface area contributed by atoms with E-state index in [-0.39, 0.29) is 35.6 Å². The summed E-state index contributed by atoms with van der Waals surface area (Å²) >= 11 is 0. The van der Waals surface area contributed by atoms with Crippen molar-refractivity contribution in [2.45, 2.75) is 39.2 Å². The summed E-state index contributed by atoms with van der Waals surface area (Å²) in [6, 6.07) is 6.17. The molecule has 7 nitrogen and oxygen atoms in total. The van der Waals surface area contributed by atoms with Crippen LogP contribution in [0.15, 0.2) is 24.3 Å². The minimum atomic E-state index is -3.22. The van der Waals surface area contributed by atoms with Crippen molar-refractivity contribution in [2.75, 3.05) is 18.8 Å². The van der Waals surface area contributed by atoms with Crippen molar-refractivity contribution in [3.8, 4) is 0 Å². The van der Waals surface area contributed by atoms with Gasteiger partial charge in [0.15, 0.2) is 0 Å². The van der Waals surface area contributed by atoms with Crippen molar-refractivity contribution >= 4 is 21.9 Å². The highest BCUT2D eigenvalue weighted by molar-refractivity contribution is 7.89. The Morgan fingerprint density at radius 1 is 1.19 bits per heavy atom. The van der Waals surface area contributed by atoms with Crippen LogP contribution in [0.2, 0.25) is 0 Å². The standard InChI is InChI=1S/C18H26N2O5S/c1-13(2)12-26(24,25)20-9-7-16(8-10-20)19-17(21)11-14-3-5-15(6-4-14)18(22)23/h3-6,13,16H,7-12H2,1-2H3,(H,19,21)(H,22,23). The Kier molecular flexibility index (Phi) is 6.77. The molecular formula is C18H26N2O5S. The van der Waals surface area contributed by atoms with Crippen molar-refractivity contribution in [3.05, 3.63) is 35.4 Å². The molecule has 1 aromatic rings. The lowest BCUT2D eigenvalue weighted by molar-refractivity contribution is -0.121. The summed E-state index contributed by atoms with van der Waals surface area (Å²) in [6.45, 7) is 4.61. The van der Waals surface area contributed by atoms with Gasteiger partial charge in [0.2, 0.25) is 15.9 Å². The molecule has 8 heteroatoms. The van der Waals surface area contributed by atoms with E-state index in [9.17, 15) is 18.0 Å². The number of amides is 1. The molecule has 0 unspecified atom stereocenters. The van der Waals surface area contributed by atoms with Crippen LogP contribution in [0.5, 0.6) is 0 Å². The third-order valence-corrected chi connectivity index (χ3v) is 6.56. The molecular weight excluding hydrogens is 356 g/mol. The number of carboxylic acid groups (broad SMARTS) is 1. The van der Waals surface area contributed by atoms with E-state index in [0.717, 1.165) is 5.56 Å². The summed E-state index contributed by atoms with van der Waals surface area (Å²) in [4.78, 5) is 23.0. The van der Waals surface area contributed by atoms with Gasteiger partial charge in [0, 0.05) is 19.1 Å². The van der Waals surface area contributed by atoms with Crippen LogP contribution in [0, 0.1) is 5.92 Å². The molecule has 1 aliphatic heterocycles. The zero-order valence-corrected chi connectivity index (χ0v) is 16.0. The average Bonchev–Trinajstić information content (AvgIpc) is 2.54. The van der Waals surface area contributed by atoms with E-state index in [4.69, 9.17) is 5.11 Å². The van der Waals surface area contributed by atoms with Crippen molar-refractivity contribution in [3.63, 3.8) is 0 Å². The Hall–Kier alpha value is -1.93. The van der Waals surface area contributed by atoms with Gasteiger partial charge in [0.1, 0.15) is 0 Å². The highest BCUT2D eigenvalue weighted by Crippen LogP contribution is 2.16. The summed E-state index contributed by atoms with van der Waals surface area (Å²) in [5.41, 5.74) is 0.925. The number of rotatable bonds is 7. The molecule has 1 aromatic carbocycles.